The van der Waals surface area contributed by atoms with Gasteiger partial charge in [0.1, 0.15) is 12.2 Å². The molecule has 5 nitrogen and oxygen atoms in total. The first-order valence-electron chi connectivity index (χ1n) is 5.78. The Labute approximate surface area is 97.3 Å². The zero-order chi connectivity index (χ0) is 11.8. The van der Waals surface area contributed by atoms with Crippen molar-refractivity contribution in [1.29, 1.82) is 0 Å². The fourth-order valence-corrected chi connectivity index (χ4v) is 1.79. The van der Waals surface area contributed by atoms with Crippen LogP contribution in [0.1, 0.15) is 26.7 Å². The molecule has 0 radical (unpaired) electrons. The number of piperidine rings is 1. The Morgan fingerprint density at radius 1 is 1.62 bits per heavy atom. The van der Waals surface area contributed by atoms with Gasteiger partial charge in [0.05, 0.1) is 6.04 Å². The van der Waals surface area contributed by atoms with E-state index in [1.165, 1.54) is 6.42 Å². The Hall–Kier alpha value is -1.23. The van der Waals surface area contributed by atoms with Crippen LogP contribution < -0.4 is 5.32 Å². The van der Waals surface area contributed by atoms with Crippen LogP contribution in [0.3, 0.4) is 0 Å². The third-order valence-electron chi connectivity index (χ3n) is 2.61. The zero-order valence-corrected chi connectivity index (χ0v) is 10.2. The van der Waals surface area contributed by atoms with E-state index in [4.69, 9.17) is 0 Å². The molecule has 0 aliphatic carbocycles. The highest BCUT2D eigenvalue weighted by Gasteiger charge is 2.20. The summed E-state index contributed by atoms with van der Waals surface area (Å²) in [6.07, 6.45) is 3.89. The lowest BCUT2D eigenvalue weighted by Crippen LogP contribution is -2.45. The molecule has 1 atom stereocenters. The highest BCUT2D eigenvalue weighted by atomic mass is 15.5. The standard InChI is InChI=1S/C11H21N5/c1-4-13-9-15-10(2)16(12-3)11-6-5-7-14-8-11/h9,11,14H,3-8H2,1-2H3/t11-/m1/s1. The number of hydrogen-bond acceptors (Lipinski definition) is 3. The van der Waals surface area contributed by atoms with Gasteiger partial charge in [-0.2, -0.15) is 5.10 Å². The van der Waals surface area contributed by atoms with Crippen molar-refractivity contribution in [1.82, 2.24) is 10.3 Å². The summed E-state index contributed by atoms with van der Waals surface area (Å²) in [6.45, 7) is 10.3. The van der Waals surface area contributed by atoms with Crippen LogP contribution in [-0.2, 0) is 0 Å². The summed E-state index contributed by atoms with van der Waals surface area (Å²) in [4.78, 5) is 8.31. The molecule has 1 rings (SSSR count). The maximum atomic E-state index is 4.25. The van der Waals surface area contributed by atoms with Crippen LogP contribution in [-0.4, -0.2) is 49.6 Å². The smallest absolute Gasteiger partial charge is 0.124 e. The summed E-state index contributed by atoms with van der Waals surface area (Å²) >= 11 is 0. The fourth-order valence-electron chi connectivity index (χ4n) is 1.79. The molecular formula is C11H21N5. The van der Waals surface area contributed by atoms with Crippen LogP contribution in [0.25, 0.3) is 0 Å². The van der Waals surface area contributed by atoms with Gasteiger partial charge in [-0.1, -0.05) is 0 Å². The monoisotopic (exact) mass is 223 g/mol. The number of hydrogen-bond donors (Lipinski definition) is 1. The molecule has 0 bridgehead atoms. The second-order valence-electron chi connectivity index (χ2n) is 3.78. The quantitative estimate of drug-likeness (QED) is 0.441. The molecule has 0 aromatic carbocycles. The molecule has 90 valence electrons. The lowest BCUT2D eigenvalue weighted by molar-refractivity contribution is 0.266. The van der Waals surface area contributed by atoms with E-state index in [2.05, 4.69) is 27.1 Å². The summed E-state index contributed by atoms with van der Waals surface area (Å²) in [5, 5.41) is 9.28. The van der Waals surface area contributed by atoms with Gasteiger partial charge in [-0.15, -0.1) is 0 Å². The molecule has 0 spiro atoms. The Kier molecular flexibility index (Phi) is 5.71. The maximum absolute atomic E-state index is 4.25. The third-order valence-corrected chi connectivity index (χ3v) is 2.61. The molecule has 1 aliphatic rings. The molecule has 16 heavy (non-hydrogen) atoms. The SMILES string of the molecule is C=NN(C(C)=NC=NCC)[C@@H]1CCCNC1. The van der Waals surface area contributed by atoms with E-state index in [0.717, 1.165) is 31.9 Å². The Bertz CT molecular complexity index is 266. The van der Waals surface area contributed by atoms with E-state index in [-0.39, 0.29) is 0 Å². The van der Waals surface area contributed by atoms with Crippen molar-refractivity contribution in [2.75, 3.05) is 19.6 Å². The zero-order valence-electron chi connectivity index (χ0n) is 10.2. The summed E-state index contributed by atoms with van der Waals surface area (Å²) in [6, 6.07) is 0.366. The van der Waals surface area contributed by atoms with Crippen molar-refractivity contribution >= 4 is 18.9 Å². The first kappa shape index (κ1) is 12.8. The Morgan fingerprint density at radius 2 is 2.44 bits per heavy atom. The summed E-state index contributed by atoms with van der Waals surface area (Å²) < 4.78 is 0. The van der Waals surface area contributed by atoms with Crippen LogP contribution in [0.15, 0.2) is 15.1 Å². The van der Waals surface area contributed by atoms with Crippen molar-refractivity contribution in [3.63, 3.8) is 0 Å². The Morgan fingerprint density at radius 3 is 3.00 bits per heavy atom. The minimum atomic E-state index is 0.366. The molecule has 0 unspecified atom stereocenters. The van der Waals surface area contributed by atoms with Crippen molar-refractivity contribution < 1.29 is 0 Å². The van der Waals surface area contributed by atoms with Crippen LogP contribution >= 0.6 is 0 Å². The average Bonchev–Trinajstić information content (AvgIpc) is 2.32. The van der Waals surface area contributed by atoms with E-state index >= 15 is 0 Å². The van der Waals surface area contributed by atoms with Gasteiger partial charge in [-0.25, -0.2) is 10.0 Å². The molecular weight excluding hydrogens is 202 g/mol. The highest BCUT2D eigenvalue weighted by molar-refractivity contribution is 5.87. The first-order valence-corrected chi connectivity index (χ1v) is 5.78. The van der Waals surface area contributed by atoms with Crippen LogP contribution in [0.4, 0.5) is 0 Å². The van der Waals surface area contributed by atoms with Gasteiger partial charge in [-0.05, 0) is 33.2 Å². The minimum Gasteiger partial charge on any atom is -0.315 e. The largest absolute Gasteiger partial charge is 0.315 e. The lowest BCUT2D eigenvalue weighted by Gasteiger charge is -2.31. The van der Waals surface area contributed by atoms with Crippen molar-refractivity contribution in [3.8, 4) is 0 Å². The van der Waals surface area contributed by atoms with Crippen LogP contribution in [0, 0.1) is 0 Å². The van der Waals surface area contributed by atoms with Gasteiger partial charge in [-0.3, -0.25) is 4.99 Å². The summed E-state index contributed by atoms with van der Waals surface area (Å²) in [7, 11) is 0. The molecule has 1 fully saturated rings. The van der Waals surface area contributed by atoms with Gasteiger partial charge < -0.3 is 5.32 Å². The van der Waals surface area contributed by atoms with E-state index in [0.29, 0.717) is 6.04 Å². The molecule has 1 aliphatic heterocycles. The molecule has 1 heterocycles. The topological polar surface area (TPSA) is 52.4 Å². The third kappa shape index (κ3) is 3.73. The molecule has 1 saturated heterocycles. The molecule has 0 aromatic rings. The maximum Gasteiger partial charge on any atom is 0.124 e. The second-order valence-corrected chi connectivity index (χ2v) is 3.78. The van der Waals surface area contributed by atoms with Gasteiger partial charge in [0, 0.05) is 19.8 Å². The predicted molar refractivity (Wildman–Crippen MR) is 69.4 cm³/mol. The first-order chi connectivity index (χ1) is 7.79. The fraction of sp³-hybridized carbons (Fsp3) is 0.727. The number of amidine groups is 1. The van der Waals surface area contributed by atoms with Crippen molar-refractivity contribution in [3.05, 3.63) is 0 Å². The number of nitrogens with one attached hydrogen (secondary N) is 1. The lowest BCUT2D eigenvalue weighted by atomic mass is 10.1. The minimum absolute atomic E-state index is 0.366. The number of aliphatic imine (C=N–C) groups is 2. The van der Waals surface area contributed by atoms with Gasteiger partial charge in [0.15, 0.2) is 0 Å². The van der Waals surface area contributed by atoms with Crippen LogP contribution in [0.2, 0.25) is 0 Å². The van der Waals surface area contributed by atoms with Gasteiger partial charge in [0.25, 0.3) is 0 Å². The van der Waals surface area contributed by atoms with E-state index in [9.17, 15) is 0 Å². The molecule has 1 N–H and O–H groups in total. The molecule has 0 amide bonds. The van der Waals surface area contributed by atoms with Gasteiger partial charge >= 0.3 is 0 Å². The number of hydrazone groups is 1. The highest BCUT2D eigenvalue weighted by Crippen LogP contribution is 2.11. The Balaban J connectivity index is 2.60. The second kappa shape index (κ2) is 7.11. The molecule has 0 saturated carbocycles. The summed E-state index contributed by atoms with van der Waals surface area (Å²) in [5.41, 5.74) is 0. The number of rotatable bonds is 4. The number of nitrogens with zero attached hydrogens (tertiary/aromatic N) is 4. The van der Waals surface area contributed by atoms with E-state index in [1.54, 1.807) is 6.34 Å². The predicted octanol–water partition coefficient (Wildman–Crippen LogP) is 1.12. The van der Waals surface area contributed by atoms with Crippen LogP contribution in [0.5, 0.6) is 0 Å². The van der Waals surface area contributed by atoms with E-state index < -0.39 is 0 Å². The van der Waals surface area contributed by atoms with Crippen molar-refractivity contribution in [2.45, 2.75) is 32.7 Å². The van der Waals surface area contributed by atoms with Crippen molar-refractivity contribution in [2.24, 2.45) is 15.1 Å². The summed E-state index contributed by atoms with van der Waals surface area (Å²) in [5.74, 6) is 0.848. The molecule has 5 heteroatoms. The normalized spacial score (nSPS) is 22.4. The average molecular weight is 223 g/mol. The van der Waals surface area contributed by atoms with Gasteiger partial charge in [0.2, 0.25) is 0 Å². The van der Waals surface area contributed by atoms with E-state index in [1.807, 2.05) is 18.9 Å². The molecule has 0 aromatic heterocycles.